The number of nitrogens with one attached hydrogen (secondary N) is 1. The van der Waals surface area contributed by atoms with Crippen LogP contribution in [0.25, 0.3) is 6.08 Å². The van der Waals surface area contributed by atoms with Gasteiger partial charge in [0.1, 0.15) is 11.6 Å². The molecule has 150 valence electrons. The number of nitriles is 1. The average molecular weight is 460 g/mol. The van der Waals surface area contributed by atoms with Crippen molar-refractivity contribution in [2.24, 2.45) is 0 Å². The number of nitro benzene ring substituents is 1. The maximum atomic E-state index is 12.4. The van der Waals surface area contributed by atoms with Crippen LogP contribution in [0.2, 0.25) is 0 Å². The number of carbonyl (C=O) groups excluding carboxylic acids is 1. The molecule has 1 amide bonds. The first-order valence-electron chi connectivity index (χ1n) is 8.57. The molecule has 9 heteroatoms. The van der Waals surface area contributed by atoms with Crippen molar-refractivity contribution in [1.82, 2.24) is 0 Å². The highest BCUT2D eigenvalue weighted by Gasteiger charge is 2.15. The molecule has 0 aliphatic carbocycles. The number of anilines is 1. The Kier molecular flexibility index (Phi) is 7.74. The third-order valence-corrected chi connectivity index (χ3v) is 4.28. The molecule has 0 radical (unpaired) electrons. The van der Waals surface area contributed by atoms with Gasteiger partial charge in [0.05, 0.1) is 23.1 Å². The Hall–Kier alpha value is -3.38. The van der Waals surface area contributed by atoms with Crippen LogP contribution in [0.5, 0.6) is 11.5 Å². The van der Waals surface area contributed by atoms with Crippen LogP contribution in [-0.2, 0) is 4.79 Å². The Morgan fingerprint density at radius 3 is 2.76 bits per heavy atom. The number of nitrogens with zero attached hydrogens (tertiary/aromatic N) is 2. The van der Waals surface area contributed by atoms with E-state index in [9.17, 15) is 20.2 Å². The summed E-state index contributed by atoms with van der Waals surface area (Å²) in [5.41, 5.74) is 0.421. The normalized spacial score (nSPS) is 10.8. The van der Waals surface area contributed by atoms with Gasteiger partial charge in [0.2, 0.25) is 0 Å². The molecule has 2 rings (SSSR count). The molecule has 0 aliphatic heterocycles. The lowest BCUT2D eigenvalue weighted by atomic mass is 10.1. The van der Waals surface area contributed by atoms with E-state index in [4.69, 9.17) is 9.47 Å². The van der Waals surface area contributed by atoms with E-state index < -0.39 is 10.8 Å². The topological polar surface area (TPSA) is 114 Å². The molecule has 0 aromatic heterocycles. The van der Waals surface area contributed by atoms with Crippen molar-refractivity contribution in [3.63, 3.8) is 0 Å². The minimum absolute atomic E-state index is 0.165. The van der Waals surface area contributed by atoms with E-state index in [-0.39, 0.29) is 16.9 Å². The number of carbonyl (C=O) groups is 1. The third-order valence-electron chi connectivity index (χ3n) is 3.69. The lowest BCUT2D eigenvalue weighted by Gasteiger charge is -2.13. The molecule has 0 heterocycles. The van der Waals surface area contributed by atoms with E-state index in [2.05, 4.69) is 21.2 Å². The summed E-state index contributed by atoms with van der Waals surface area (Å²) in [5.74, 6) is 0.302. The van der Waals surface area contributed by atoms with Gasteiger partial charge in [-0.1, -0.05) is 13.0 Å². The number of nitro groups is 1. The van der Waals surface area contributed by atoms with Crippen LogP contribution in [0, 0.1) is 21.4 Å². The summed E-state index contributed by atoms with van der Waals surface area (Å²) < 4.78 is 11.6. The van der Waals surface area contributed by atoms with Crippen molar-refractivity contribution < 1.29 is 19.2 Å². The van der Waals surface area contributed by atoms with Gasteiger partial charge in [-0.05, 0) is 52.2 Å². The number of rotatable bonds is 8. The zero-order valence-electron chi connectivity index (χ0n) is 15.8. The molecule has 0 unspecified atom stereocenters. The second kappa shape index (κ2) is 10.2. The Bertz CT molecular complexity index is 998. The van der Waals surface area contributed by atoms with Gasteiger partial charge in [-0.25, -0.2) is 0 Å². The Morgan fingerprint density at radius 1 is 1.38 bits per heavy atom. The van der Waals surface area contributed by atoms with Crippen molar-refractivity contribution in [2.75, 3.05) is 19.0 Å². The first-order valence-corrected chi connectivity index (χ1v) is 9.36. The summed E-state index contributed by atoms with van der Waals surface area (Å²) in [5, 5.41) is 22.7. The molecule has 0 aliphatic rings. The van der Waals surface area contributed by atoms with Gasteiger partial charge in [-0.2, -0.15) is 5.26 Å². The van der Waals surface area contributed by atoms with Crippen molar-refractivity contribution in [3.8, 4) is 17.6 Å². The summed E-state index contributed by atoms with van der Waals surface area (Å²) in [6.45, 7) is 2.50. The summed E-state index contributed by atoms with van der Waals surface area (Å²) in [6, 6.07) is 10.7. The number of hydrogen-bond acceptors (Lipinski definition) is 6. The second-order valence-electron chi connectivity index (χ2n) is 5.81. The van der Waals surface area contributed by atoms with E-state index in [0.29, 0.717) is 28.1 Å². The highest BCUT2D eigenvalue weighted by Crippen LogP contribution is 2.37. The van der Waals surface area contributed by atoms with Crippen LogP contribution in [0.3, 0.4) is 0 Å². The number of methoxy groups -OCH3 is 1. The number of hydrogen-bond donors (Lipinski definition) is 1. The monoisotopic (exact) mass is 459 g/mol. The molecule has 2 aromatic carbocycles. The summed E-state index contributed by atoms with van der Waals surface area (Å²) in [7, 11) is 1.49. The Balaban J connectivity index is 2.30. The van der Waals surface area contributed by atoms with Gasteiger partial charge in [-0.15, -0.1) is 0 Å². The van der Waals surface area contributed by atoms with Crippen LogP contribution in [0.15, 0.2) is 46.4 Å². The predicted octanol–water partition coefficient (Wildman–Crippen LogP) is 4.70. The number of amides is 1. The van der Waals surface area contributed by atoms with Crippen LogP contribution >= 0.6 is 15.9 Å². The van der Waals surface area contributed by atoms with Crippen LogP contribution in [-0.4, -0.2) is 24.5 Å². The molecule has 0 spiro atoms. The second-order valence-corrected chi connectivity index (χ2v) is 6.67. The van der Waals surface area contributed by atoms with E-state index >= 15 is 0 Å². The molecule has 0 saturated heterocycles. The lowest BCUT2D eigenvalue weighted by molar-refractivity contribution is -0.384. The van der Waals surface area contributed by atoms with Gasteiger partial charge in [0.25, 0.3) is 11.6 Å². The highest BCUT2D eigenvalue weighted by molar-refractivity contribution is 9.10. The molecule has 0 bridgehead atoms. The molecular formula is C20H18BrN3O5. The van der Waals surface area contributed by atoms with Crippen LogP contribution < -0.4 is 14.8 Å². The van der Waals surface area contributed by atoms with Gasteiger partial charge in [0.15, 0.2) is 11.5 Å². The first-order chi connectivity index (χ1) is 13.9. The Morgan fingerprint density at radius 2 is 2.14 bits per heavy atom. The maximum Gasteiger partial charge on any atom is 0.271 e. The molecule has 0 fully saturated rings. The SMILES string of the molecule is CCCOc1c(Br)cc(/C=C(/C#N)C(=O)Nc2cccc([N+](=O)[O-])c2)cc1OC. The van der Waals surface area contributed by atoms with Crippen molar-refractivity contribution >= 4 is 39.3 Å². The smallest absolute Gasteiger partial charge is 0.271 e. The molecular weight excluding hydrogens is 442 g/mol. The third kappa shape index (κ3) is 5.80. The predicted molar refractivity (Wildman–Crippen MR) is 112 cm³/mol. The highest BCUT2D eigenvalue weighted by atomic mass is 79.9. The summed E-state index contributed by atoms with van der Waals surface area (Å²) >= 11 is 3.41. The number of benzene rings is 2. The van der Waals surface area contributed by atoms with Crippen molar-refractivity contribution in [1.29, 1.82) is 5.26 Å². The minimum Gasteiger partial charge on any atom is -0.493 e. The molecule has 0 atom stereocenters. The zero-order chi connectivity index (χ0) is 21.4. The number of halogens is 1. The maximum absolute atomic E-state index is 12.4. The van der Waals surface area contributed by atoms with Crippen LogP contribution in [0.4, 0.5) is 11.4 Å². The quantitative estimate of drug-likeness (QED) is 0.264. The number of non-ortho nitro benzene ring substituents is 1. The summed E-state index contributed by atoms with van der Waals surface area (Å²) in [6.07, 6.45) is 2.22. The van der Waals surface area contributed by atoms with Gasteiger partial charge in [-0.3, -0.25) is 14.9 Å². The fourth-order valence-corrected chi connectivity index (χ4v) is 2.95. The fourth-order valence-electron chi connectivity index (χ4n) is 2.38. The number of ether oxygens (including phenoxy) is 2. The molecule has 1 N–H and O–H groups in total. The van der Waals surface area contributed by atoms with Gasteiger partial charge in [0, 0.05) is 17.8 Å². The molecule has 8 nitrogen and oxygen atoms in total. The van der Waals surface area contributed by atoms with Crippen LogP contribution in [0.1, 0.15) is 18.9 Å². The summed E-state index contributed by atoms with van der Waals surface area (Å²) in [4.78, 5) is 22.7. The minimum atomic E-state index is -0.686. The average Bonchev–Trinajstić information content (AvgIpc) is 2.70. The van der Waals surface area contributed by atoms with Crippen molar-refractivity contribution in [3.05, 3.63) is 62.1 Å². The van der Waals surface area contributed by atoms with E-state index in [0.717, 1.165) is 6.42 Å². The Labute approximate surface area is 176 Å². The van der Waals surface area contributed by atoms with Crippen molar-refractivity contribution in [2.45, 2.75) is 13.3 Å². The lowest BCUT2D eigenvalue weighted by Crippen LogP contribution is -2.13. The standard InChI is InChI=1S/C20H18BrN3O5/c1-3-7-29-19-17(21)9-13(10-18(19)28-2)8-14(12-22)20(25)23-15-5-4-6-16(11-15)24(26)27/h4-6,8-11H,3,7H2,1-2H3,(H,23,25)/b14-8-. The van der Waals surface area contributed by atoms with E-state index in [1.807, 2.05) is 13.0 Å². The largest absolute Gasteiger partial charge is 0.493 e. The zero-order valence-corrected chi connectivity index (χ0v) is 17.4. The van der Waals surface area contributed by atoms with Gasteiger partial charge >= 0.3 is 0 Å². The van der Waals surface area contributed by atoms with E-state index in [1.165, 1.54) is 37.5 Å². The van der Waals surface area contributed by atoms with Gasteiger partial charge < -0.3 is 14.8 Å². The molecule has 29 heavy (non-hydrogen) atoms. The first kappa shape index (κ1) is 21.9. The fraction of sp³-hybridized carbons (Fsp3) is 0.200. The molecule has 0 saturated carbocycles. The van der Waals surface area contributed by atoms with E-state index in [1.54, 1.807) is 12.1 Å². The molecule has 2 aromatic rings.